The van der Waals surface area contributed by atoms with Gasteiger partial charge in [-0.05, 0) is 29.8 Å². The molecule has 2 aromatic rings. The molecule has 1 amide bonds. The van der Waals surface area contributed by atoms with Crippen LogP contribution in [0.15, 0.2) is 36.5 Å². The summed E-state index contributed by atoms with van der Waals surface area (Å²) in [6.07, 6.45) is -9.62. The summed E-state index contributed by atoms with van der Waals surface area (Å²) in [5.41, 5.74) is -3.18. The predicted molar refractivity (Wildman–Crippen MR) is 98.6 cm³/mol. The number of carbonyl (C=O) groups is 2. The number of benzene rings is 1. The van der Waals surface area contributed by atoms with E-state index in [1.54, 1.807) is 12.1 Å². The standard InChI is InChI=1S/C20H18F6N2O4/c1-31-17-12(4-3-5-27-17)9-15(18(30)32-2)28-16(29)8-11-6-13(19(21,22)23)10-14(7-11)20(24,25)26/h3-7,10,15H,8-9H2,1-2H3,(H,28,29)/t15-/m0/s1. The van der Waals surface area contributed by atoms with Crippen LogP contribution in [0.1, 0.15) is 22.3 Å². The summed E-state index contributed by atoms with van der Waals surface area (Å²) < 4.78 is 87.7. The Morgan fingerprint density at radius 2 is 1.62 bits per heavy atom. The fraction of sp³-hybridized carbons (Fsp3) is 0.350. The Kier molecular flexibility index (Phi) is 7.70. The maximum atomic E-state index is 13.0. The number of ether oxygens (including phenoxy) is 2. The number of alkyl halides is 6. The first-order valence-corrected chi connectivity index (χ1v) is 8.98. The van der Waals surface area contributed by atoms with Gasteiger partial charge >= 0.3 is 18.3 Å². The topological polar surface area (TPSA) is 77.5 Å². The van der Waals surface area contributed by atoms with Crippen molar-refractivity contribution in [3.8, 4) is 5.88 Å². The molecular weight excluding hydrogens is 446 g/mol. The number of pyridine rings is 1. The van der Waals surface area contributed by atoms with Gasteiger partial charge in [0, 0.05) is 18.2 Å². The van der Waals surface area contributed by atoms with E-state index in [4.69, 9.17) is 4.74 Å². The number of carbonyl (C=O) groups excluding carboxylic acids is 2. The summed E-state index contributed by atoms with van der Waals surface area (Å²) in [4.78, 5) is 28.4. The summed E-state index contributed by atoms with van der Waals surface area (Å²) in [5, 5.41) is 2.27. The van der Waals surface area contributed by atoms with Crippen LogP contribution < -0.4 is 10.1 Å². The maximum absolute atomic E-state index is 13.0. The van der Waals surface area contributed by atoms with Crippen LogP contribution in [0.3, 0.4) is 0 Å². The molecule has 1 heterocycles. The highest BCUT2D eigenvalue weighted by Gasteiger charge is 2.37. The van der Waals surface area contributed by atoms with E-state index < -0.39 is 53.4 Å². The van der Waals surface area contributed by atoms with Crippen molar-refractivity contribution >= 4 is 11.9 Å². The molecule has 1 atom stereocenters. The van der Waals surface area contributed by atoms with Crippen molar-refractivity contribution in [1.29, 1.82) is 0 Å². The van der Waals surface area contributed by atoms with Crippen LogP contribution in [-0.4, -0.2) is 37.1 Å². The minimum absolute atomic E-state index is 0.0344. The number of hydrogen-bond acceptors (Lipinski definition) is 5. The highest BCUT2D eigenvalue weighted by molar-refractivity contribution is 5.86. The van der Waals surface area contributed by atoms with E-state index in [2.05, 4.69) is 15.0 Å². The number of methoxy groups -OCH3 is 2. The molecule has 1 N–H and O–H groups in total. The second-order valence-electron chi connectivity index (χ2n) is 6.61. The highest BCUT2D eigenvalue weighted by atomic mass is 19.4. The lowest BCUT2D eigenvalue weighted by Crippen LogP contribution is -2.43. The molecule has 0 aliphatic rings. The zero-order valence-corrected chi connectivity index (χ0v) is 16.8. The average molecular weight is 464 g/mol. The third kappa shape index (κ3) is 6.59. The molecule has 0 aliphatic carbocycles. The number of nitrogens with zero attached hydrogens (tertiary/aromatic N) is 1. The second-order valence-corrected chi connectivity index (χ2v) is 6.61. The van der Waals surface area contributed by atoms with E-state index in [0.29, 0.717) is 17.7 Å². The molecule has 0 radical (unpaired) electrons. The molecular formula is C20H18F6N2O4. The van der Waals surface area contributed by atoms with Gasteiger partial charge in [-0.1, -0.05) is 6.07 Å². The molecule has 0 unspecified atom stereocenters. The monoisotopic (exact) mass is 464 g/mol. The van der Waals surface area contributed by atoms with Crippen molar-refractivity contribution in [2.24, 2.45) is 0 Å². The first-order valence-electron chi connectivity index (χ1n) is 8.98. The minimum atomic E-state index is -5.04. The molecule has 0 saturated heterocycles. The van der Waals surface area contributed by atoms with Gasteiger partial charge in [-0.15, -0.1) is 0 Å². The quantitative estimate of drug-likeness (QED) is 0.501. The lowest BCUT2D eigenvalue weighted by Gasteiger charge is -2.18. The van der Waals surface area contributed by atoms with Gasteiger partial charge in [-0.25, -0.2) is 9.78 Å². The van der Waals surface area contributed by atoms with E-state index >= 15 is 0 Å². The van der Waals surface area contributed by atoms with Crippen molar-refractivity contribution in [3.63, 3.8) is 0 Å². The van der Waals surface area contributed by atoms with Crippen LogP contribution in [0.2, 0.25) is 0 Å². The van der Waals surface area contributed by atoms with Gasteiger partial charge < -0.3 is 14.8 Å². The largest absolute Gasteiger partial charge is 0.481 e. The first kappa shape index (κ1) is 25.0. The number of rotatable bonds is 7. The Balaban J connectivity index is 2.27. The molecule has 1 aromatic heterocycles. The van der Waals surface area contributed by atoms with Crippen LogP contribution in [0.4, 0.5) is 26.3 Å². The Bertz CT molecular complexity index is 943. The van der Waals surface area contributed by atoms with E-state index in [0.717, 1.165) is 7.11 Å². The van der Waals surface area contributed by atoms with Gasteiger partial charge in [0.15, 0.2) is 0 Å². The zero-order chi connectivity index (χ0) is 24.1. The van der Waals surface area contributed by atoms with Crippen molar-refractivity contribution in [3.05, 3.63) is 58.8 Å². The normalized spacial score (nSPS) is 12.8. The zero-order valence-electron chi connectivity index (χ0n) is 16.8. The lowest BCUT2D eigenvalue weighted by molar-refractivity contribution is -0.145. The Morgan fingerprint density at radius 3 is 2.12 bits per heavy atom. The van der Waals surface area contributed by atoms with Crippen LogP contribution in [0.5, 0.6) is 5.88 Å². The molecule has 1 aromatic carbocycles. The summed E-state index contributed by atoms with van der Waals surface area (Å²) in [7, 11) is 2.40. The molecule has 12 heteroatoms. The van der Waals surface area contributed by atoms with Gasteiger partial charge in [-0.3, -0.25) is 4.79 Å². The number of aromatic nitrogens is 1. The van der Waals surface area contributed by atoms with Gasteiger partial charge in [0.1, 0.15) is 6.04 Å². The maximum Gasteiger partial charge on any atom is 0.416 e. The van der Waals surface area contributed by atoms with E-state index in [1.165, 1.54) is 13.3 Å². The highest BCUT2D eigenvalue weighted by Crippen LogP contribution is 2.36. The van der Waals surface area contributed by atoms with Crippen LogP contribution in [0, 0.1) is 0 Å². The Hall–Kier alpha value is -3.31. The molecule has 174 valence electrons. The second kappa shape index (κ2) is 9.88. The lowest BCUT2D eigenvalue weighted by atomic mass is 10.0. The van der Waals surface area contributed by atoms with Crippen molar-refractivity contribution < 1.29 is 45.4 Å². The molecule has 0 aliphatic heterocycles. The molecule has 0 bridgehead atoms. The molecule has 0 spiro atoms. The Labute approximate surface area is 178 Å². The average Bonchev–Trinajstić information content (AvgIpc) is 2.71. The molecule has 6 nitrogen and oxygen atoms in total. The number of esters is 1. The summed E-state index contributed by atoms with van der Waals surface area (Å²) in [5.74, 6) is -1.68. The number of hydrogen-bond donors (Lipinski definition) is 1. The smallest absolute Gasteiger partial charge is 0.416 e. The number of halogens is 6. The predicted octanol–water partition coefficient (Wildman–Crippen LogP) is 3.57. The minimum Gasteiger partial charge on any atom is -0.481 e. The van der Waals surface area contributed by atoms with Crippen molar-refractivity contribution in [2.45, 2.75) is 31.2 Å². The summed E-state index contributed by atoms with van der Waals surface area (Å²) in [6.45, 7) is 0. The van der Waals surface area contributed by atoms with Crippen LogP contribution in [0.25, 0.3) is 0 Å². The van der Waals surface area contributed by atoms with Crippen molar-refractivity contribution in [2.75, 3.05) is 14.2 Å². The summed E-state index contributed by atoms with van der Waals surface area (Å²) >= 11 is 0. The SMILES string of the molecule is COC(=O)[C@H](Cc1cccnc1OC)NC(=O)Cc1cc(C(F)(F)F)cc(C(F)(F)F)c1. The Morgan fingerprint density at radius 1 is 1.03 bits per heavy atom. The first-order chi connectivity index (χ1) is 14.8. The molecule has 2 rings (SSSR count). The van der Waals surface area contributed by atoms with E-state index in [-0.39, 0.29) is 18.4 Å². The van der Waals surface area contributed by atoms with E-state index in [9.17, 15) is 35.9 Å². The van der Waals surface area contributed by atoms with Crippen molar-refractivity contribution in [1.82, 2.24) is 10.3 Å². The fourth-order valence-electron chi connectivity index (χ4n) is 2.87. The third-order valence-corrected chi connectivity index (χ3v) is 4.30. The van der Waals surface area contributed by atoms with E-state index in [1.807, 2.05) is 0 Å². The third-order valence-electron chi connectivity index (χ3n) is 4.30. The summed E-state index contributed by atoms with van der Waals surface area (Å²) in [6, 6.07) is 2.70. The molecule has 0 fully saturated rings. The molecule has 0 saturated carbocycles. The van der Waals surface area contributed by atoms with Gasteiger partial charge in [0.25, 0.3) is 0 Å². The van der Waals surface area contributed by atoms with Gasteiger partial charge in [0.05, 0.1) is 31.8 Å². The van der Waals surface area contributed by atoms with Gasteiger partial charge in [-0.2, -0.15) is 26.3 Å². The number of nitrogens with one attached hydrogen (secondary N) is 1. The van der Waals surface area contributed by atoms with Crippen LogP contribution in [-0.2, 0) is 39.5 Å². The van der Waals surface area contributed by atoms with Crippen LogP contribution >= 0.6 is 0 Å². The van der Waals surface area contributed by atoms with Gasteiger partial charge in [0.2, 0.25) is 11.8 Å². The number of amides is 1. The fourth-order valence-corrected chi connectivity index (χ4v) is 2.87. The molecule has 32 heavy (non-hydrogen) atoms.